The zero-order chi connectivity index (χ0) is 54.5. The molecule has 0 unspecified atom stereocenters. The topological polar surface area (TPSA) is 209 Å². The van der Waals surface area contributed by atoms with Crippen LogP contribution in [0.1, 0.15) is 125 Å². The van der Waals surface area contributed by atoms with E-state index in [-0.39, 0.29) is 50.2 Å². The first-order chi connectivity index (χ1) is 37.9. The number of carbonyl (C=O) groups excluding carboxylic acids is 5. The third-order valence-corrected chi connectivity index (χ3v) is 15.1. The molecular weight excluding hydrogens is 981 g/mol. The highest BCUT2D eigenvalue weighted by Gasteiger charge is 2.33. The lowest BCUT2D eigenvalue weighted by Crippen LogP contribution is -2.46. The van der Waals surface area contributed by atoms with E-state index in [1.165, 1.54) is 43.2 Å². The minimum absolute atomic E-state index is 0.0687. The Hall–Kier alpha value is -8.07. The Labute approximate surface area is 456 Å². The number of pyridine rings is 1. The first-order valence-corrected chi connectivity index (χ1v) is 27.8. The highest BCUT2D eigenvalue weighted by Crippen LogP contribution is 2.44. The Kier molecular flexibility index (Phi) is 18.1. The van der Waals surface area contributed by atoms with Crippen LogP contribution in [0.2, 0.25) is 0 Å². The van der Waals surface area contributed by atoms with E-state index in [9.17, 15) is 24.0 Å². The number of benzene rings is 5. The lowest BCUT2D eigenvalue weighted by Gasteiger charge is -2.24. The fourth-order valence-corrected chi connectivity index (χ4v) is 10.7. The number of unbranched alkanes of at least 4 members (excludes halogenated alkanes) is 2. The Morgan fingerprint density at radius 2 is 1.40 bits per heavy atom. The number of primary amides is 1. The summed E-state index contributed by atoms with van der Waals surface area (Å²) in [4.78, 5) is 76.3. The summed E-state index contributed by atoms with van der Waals surface area (Å²) in [6.07, 6.45) is 9.54. The zero-order valence-corrected chi connectivity index (χ0v) is 45.0. The Morgan fingerprint density at radius 3 is 2.09 bits per heavy atom. The third-order valence-electron chi connectivity index (χ3n) is 15.1. The van der Waals surface area contributed by atoms with Crippen molar-refractivity contribution >= 4 is 63.3 Å². The molecule has 2 atom stereocenters. The van der Waals surface area contributed by atoms with Gasteiger partial charge in [-0.15, -0.1) is 0 Å². The molecule has 0 radical (unpaired) electrons. The number of ether oxygens (including phenoxy) is 2. The summed E-state index contributed by atoms with van der Waals surface area (Å²) >= 11 is 0. The van der Waals surface area contributed by atoms with Crippen LogP contribution in [0.3, 0.4) is 0 Å². The molecule has 0 spiro atoms. The smallest absolute Gasteiger partial charge is 0.413 e. The number of alkyl carbamates (subject to hydrolysis) is 1. The van der Waals surface area contributed by atoms with Crippen LogP contribution in [-0.4, -0.2) is 63.6 Å². The van der Waals surface area contributed by atoms with Crippen molar-refractivity contribution in [3.8, 4) is 11.1 Å². The molecule has 406 valence electrons. The highest BCUT2D eigenvalue weighted by molar-refractivity contribution is 6.09. The van der Waals surface area contributed by atoms with Crippen LogP contribution in [0.15, 0.2) is 121 Å². The summed E-state index contributed by atoms with van der Waals surface area (Å²) in [5.41, 5.74) is 15.5. The Balaban J connectivity index is 0.818. The number of rotatable bonds is 26. The number of hydrogen-bond donors (Lipinski definition) is 5. The quantitative estimate of drug-likeness (QED) is 0.0326. The van der Waals surface area contributed by atoms with Crippen LogP contribution in [0, 0.1) is 17.8 Å². The van der Waals surface area contributed by atoms with E-state index in [1.807, 2.05) is 74.5 Å². The van der Waals surface area contributed by atoms with Crippen LogP contribution in [0.25, 0.3) is 33.1 Å². The number of Topliss-reactive ketones (excluding diaryl/α,β-unsaturated/α-hetero) is 1. The minimum Gasteiger partial charge on any atom is -0.449 e. The van der Waals surface area contributed by atoms with Crippen molar-refractivity contribution in [2.75, 3.05) is 23.8 Å². The van der Waals surface area contributed by atoms with Crippen molar-refractivity contribution in [3.63, 3.8) is 0 Å². The summed E-state index contributed by atoms with van der Waals surface area (Å²) in [5.74, 6) is 0.200. The van der Waals surface area contributed by atoms with Gasteiger partial charge in [-0.05, 0) is 101 Å². The second-order valence-electron chi connectivity index (χ2n) is 21.3. The van der Waals surface area contributed by atoms with E-state index in [2.05, 4.69) is 69.2 Å². The molecule has 7 aromatic rings. The Bertz CT molecular complexity index is 3190. The maximum Gasteiger partial charge on any atom is 0.413 e. The van der Waals surface area contributed by atoms with Crippen molar-refractivity contribution in [2.24, 2.45) is 23.5 Å². The van der Waals surface area contributed by atoms with Crippen molar-refractivity contribution in [1.82, 2.24) is 25.2 Å². The number of carbonyl (C=O) groups is 5. The van der Waals surface area contributed by atoms with Crippen LogP contribution < -0.4 is 27.0 Å². The SMILES string of the molecule is CCCCc1nc2c(NC(=O)OCc3ccc(NC(=O)[C@H](CCCNC(N)=O)CC(=O)[C@@H](NC(=O)OCC4c5ccccc5-c5ccccc54)C(C)C)cc3)nc3ccccc3c2n1Cc1ccc(CCCCC2CC2)cc1. The van der Waals surface area contributed by atoms with Crippen LogP contribution in [-0.2, 0) is 45.1 Å². The maximum atomic E-state index is 14.0. The predicted octanol–water partition coefficient (Wildman–Crippen LogP) is 12.4. The highest BCUT2D eigenvalue weighted by atomic mass is 16.6. The second-order valence-corrected chi connectivity index (χ2v) is 21.3. The van der Waals surface area contributed by atoms with Crippen LogP contribution in [0.5, 0.6) is 0 Å². The normalized spacial score (nSPS) is 13.6. The van der Waals surface area contributed by atoms with Gasteiger partial charge in [0.05, 0.1) is 17.1 Å². The number of nitrogens with one attached hydrogen (secondary N) is 4. The van der Waals surface area contributed by atoms with Gasteiger partial charge >= 0.3 is 18.2 Å². The Morgan fingerprint density at radius 1 is 0.718 bits per heavy atom. The van der Waals surface area contributed by atoms with Gasteiger partial charge < -0.3 is 35.7 Å². The number of anilines is 2. The largest absolute Gasteiger partial charge is 0.449 e. The van der Waals surface area contributed by atoms with Crippen molar-refractivity contribution in [2.45, 2.75) is 123 Å². The predicted molar refractivity (Wildman–Crippen MR) is 305 cm³/mol. The van der Waals surface area contributed by atoms with Gasteiger partial charge in [-0.3, -0.25) is 14.9 Å². The average Bonchev–Trinajstić information content (AvgIpc) is 4.19. The summed E-state index contributed by atoms with van der Waals surface area (Å²) < 4.78 is 13.8. The molecule has 2 aromatic heterocycles. The monoisotopic (exact) mass is 1050 g/mol. The fraction of sp³-hybridized carbons (Fsp3) is 0.381. The van der Waals surface area contributed by atoms with Crippen molar-refractivity contribution < 1.29 is 33.4 Å². The number of amides is 5. The minimum atomic E-state index is -0.927. The van der Waals surface area contributed by atoms with Gasteiger partial charge in [0, 0.05) is 48.8 Å². The van der Waals surface area contributed by atoms with Crippen molar-refractivity contribution in [3.05, 3.63) is 155 Å². The molecule has 0 saturated heterocycles. The van der Waals surface area contributed by atoms with Crippen LogP contribution >= 0.6 is 0 Å². The van der Waals surface area contributed by atoms with Gasteiger partial charge in [-0.1, -0.05) is 156 Å². The number of nitrogens with two attached hydrogens (primary N) is 1. The molecular formula is C63H72N8O7. The number of fused-ring (bicyclic) bond motifs is 6. The van der Waals surface area contributed by atoms with E-state index >= 15 is 0 Å². The van der Waals surface area contributed by atoms with E-state index in [0.717, 1.165) is 76.1 Å². The number of para-hydroxylation sites is 1. The number of imidazole rings is 1. The van der Waals surface area contributed by atoms with Gasteiger partial charge in [0.2, 0.25) is 5.91 Å². The molecule has 2 heterocycles. The first-order valence-electron chi connectivity index (χ1n) is 27.8. The molecule has 78 heavy (non-hydrogen) atoms. The van der Waals surface area contributed by atoms with Gasteiger partial charge in [-0.25, -0.2) is 24.4 Å². The standard InChI is InChI=1S/C63H72N8O7/c1-4-5-24-55-68-57-58(71(55)37-43-29-27-42(28-30-43)16-7-6-15-41-25-26-41)51-22-12-13-23-53(51)67-59(57)70-63(76)77-38-44-31-33-46(34-32-44)66-60(73)45(17-14-35-65-61(64)74)36-54(72)56(40(2)3)69-62(75)78-39-52-49-20-10-8-18-47(49)48-19-9-11-21-50(48)52/h8-13,18-23,27-34,40-41,45,52,56H,4-7,14-17,24-26,35-39H2,1-3H3,(H,66,73)(H,69,75)(H3,64,65,74)(H,67,70,76)/t45-,56+/m1/s1. The number of hydrogen-bond acceptors (Lipinski definition) is 9. The summed E-state index contributed by atoms with van der Waals surface area (Å²) in [6, 6.07) is 38.2. The van der Waals surface area contributed by atoms with Gasteiger partial charge in [0.1, 0.15) is 24.6 Å². The average molecular weight is 1050 g/mol. The molecule has 2 aliphatic carbocycles. The molecule has 15 heteroatoms. The molecule has 5 aromatic carbocycles. The summed E-state index contributed by atoms with van der Waals surface area (Å²) in [7, 11) is 0. The van der Waals surface area contributed by atoms with E-state index in [4.69, 9.17) is 25.2 Å². The molecule has 1 fully saturated rings. The van der Waals surface area contributed by atoms with Crippen LogP contribution in [0.4, 0.5) is 25.9 Å². The number of aromatic nitrogens is 3. The number of nitrogens with zero attached hydrogens (tertiary/aromatic N) is 3. The van der Waals surface area contributed by atoms with Gasteiger partial charge in [-0.2, -0.15) is 0 Å². The zero-order valence-electron chi connectivity index (χ0n) is 45.0. The lowest BCUT2D eigenvalue weighted by molar-refractivity contribution is -0.128. The van der Waals surface area contributed by atoms with Crippen molar-refractivity contribution in [1.29, 1.82) is 0 Å². The van der Waals surface area contributed by atoms with E-state index < -0.39 is 36.1 Å². The molecule has 5 amide bonds. The number of urea groups is 1. The number of aryl methyl sites for hydroxylation is 2. The molecule has 0 bridgehead atoms. The van der Waals surface area contributed by atoms with E-state index in [0.29, 0.717) is 35.6 Å². The summed E-state index contributed by atoms with van der Waals surface area (Å²) in [6.45, 7) is 6.66. The number of ketones is 1. The molecule has 6 N–H and O–H groups in total. The molecule has 15 nitrogen and oxygen atoms in total. The summed E-state index contributed by atoms with van der Waals surface area (Å²) in [5, 5.41) is 12.1. The third kappa shape index (κ3) is 13.9. The van der Waals surface area contributed by atoms with E-state index in [1.54, 1.807) is 24.3 Å². The molecule has 2 aliphatic rings. The first kappa shape index (κ1) is 54.7. The molecule has 1 saturated carbocycles. The molecule has 0 aliphatic heterocycles. The fourth-order valence-electron chi connectivity index (χ4n) is 10.7. The lowest BCUT2D eigenvalue weighted by atomic mass is 9.89. The molecule has 9 rings (SSSR count). The maximum absolute atomic E-state index is 14.0. The van der Waals surface area contributed by atoms with Gasteiger partial charge in [0.15, 0.2) is 11.6 Å². The van der Waals surface area contributed by atoms with Gasteiger partial charge in [0.25, 0.3) is 0 Å². The second kappa shape index (κ2) is 25.8.